The van der Waals surface area contributed by atoms with Gasteiger partial charge in [-0.25, -0.2) is 23.5 Å². The normalized spacial score (nSPS) is 18.1. The lowest BCUT2D eigenvalue weighted by atomic mass is 9.83. The largest absolute Gasteiger partial charge is 0.543 e. The van der Waals surface area contributed by atoms with Crippen LogP contribution < -0.4 is 20.5 Å². The molecule has 7 nitrogen and oxygen atoms in total. The number of allylic oxidation sites excluding steroid dienone is 1. The Balaban J connectivity index is 1.66. The lowest BCUT2D eigenvalue weighted by molar-refractivity contribution is 0.113. The van der Waals surface area contributed by atoms with Gasteiger partial charge in [0.1, 0.15) is 23.1 Å². The van der Waals surface area contributed by atoms with Crippen molar-refractivity contribution in [2.24, 2.45) is 0 Å². The molecule has 2 aromatic carbocycles. The fraction of sp³-hybridized carbons (Fsp3) is 0.467. The van der Waals surface area contributed by atoms with E-state index < -0.39 is 20.0 Å². The molecule has 0 N–H and O–H groups in total. The molecular formula is C30H39N3O4Si. The molecule has 3 heterocycles. The molecule has 0 bridgehead atoms. The number of rotatable bonds is 6. The molecule has 0 aliphatic carbocycles. The maximum absolute atomic E-state index is 13.8. The smallest absolute Gasteiger partial charge is 0.352 e. The van der Waals surface area contributed by atoms with Crippen molar-refractivity contribution in [3.05, 3.63) is 86.7 Å². The zero-order valence-corrected chi connectivity index (χ0v) is 24.7. The highest BCUT2D eigenvalue weighted by Gasteiger charge is 2.48. The Morgan fingerprint density at radius 2 is 1.55 bits per heavy atom. The summed E-state index contributed by atoms with van der Waals surface area (Å²) < 4.78 is 17.9. The number of hydrogen-bond acceptors (Lipinski definition) is 4. The minimum Gasteiger partial charge on any atom is -0.543 e. The first kappa shape index (κ1) is 26.3. The molecule has 38 heavy (non-hydrogen) atoms. The quantitative estimate of drug-likeness (QED) is 0.286. The number of ether oxygens (including phenoxy) is 1. The molecule has 1 unspecified atom stereocenters. The van der Waals surface area contributed by atoms with Gasteiger partial charge in [-0.3, -0.25) is 0 Å². The average molecular weight is 534 g/mol. The molecule has 5 rings (SSSR count). The van der Waals surface area contributed by atoms with Gasteiger partial charge >= 0.3 is 11.4 Å². The van der Waals surface area contributed by atoms with Gasteiger partial charge in [0.15, 0.2) is 0 Å². The molecule has 0 amide bonds. The predicted octanol–water partition coefficient (Wildman–Crippen LogP) is 6.06. The number of fused-ring (bicyclic) bond motifs is 5. The number of hydrogen-bond donors (Lipinski definition) is 0. The number of aromatic nitrogens is 3. The van der Waals surface area contributed by atoms with Crippen molar-refractivity contribution in [2.45, 2.75) is 90.2 Å². The van der Waals surface area contributed by atoms with Crippen LogP contribution in [0.3, 0.4) is 0 Å². The zero-order valence-electron chi connectivity index (χ0n) is 23.7. The summed E-state index contributed by atoms with van der Waals surface area (Å²) in [6, 6.07) is 14.6. The van der Waals surface area contributed by atoms with Gasteiger partial charge in [-0.2, -0.15) is 0 Å². The topological polar surface area (TPSA) is 67.4 Å². The van der Waals surface area contributed by atoms with Gasteiger partial charge in [0, 0.05) is 11.6 Å². The first-order valence-electron chi connectivity index (χ1n) is 13.6. The van der Waals surface area contributed by atoms with Gasteiger partial charge in [-0.05, 0) is 60.3 Å². The number of nitrogens with zero attached hydrogens (tertiary/aromatic N) is 3. The van der Waals surface area contributed by atoms with Gasteiger partial charge in [0.2, 0.25) is 0 Å². The van der Waals surface area contributed by atoms with E-state index in [1.807, 2.05) is 56.3 Å². The minimum absolute atomic E-state index is 0.314. The summed E-state index contributed by atoms with van der Waals surface area (Å²) in [4.78, 5) is 27.2. The van der Waals surface area contributed by atoms with Crippen LogP contribution in [-0.4, -0.2) is 27.8 Å². The average Bonchev–Trinajstić information content (AvgIpc) is 3.11. The van der Waals surface area contributed by atoms with Crippen LogP contribution in [0, 0.1) is 0 Å². The van der Waals surface area contributed by atoms with Crippen LogP contribution in [0.1, 0.15) is 67.0 Å². The molecule has 1 aromatic heterocycles. The second-order valence-corrected chi connectivity index (χ2v) is 17.3. The highest BCUT2D eigenvalue weighted by molar-refractivity contribution is 6.78. The van der Waals surface area contributed by atoms with E-state index in [4.69, 9.17) is 9.16 Å². The minimum atomic E-state index is -2.16. The Bertz CT molecular complexity index is 1490. The number of para-hydroxylation sites is 1. The third-order valence-electron chi connectivity index (χ3n) is 8.44. The van der Waals surface area contributed by atoms with Crippen LogP contribution in [0.4, 0.5) is 0 Å². The van der Waals surface area contributed by atoms with Crippen LogP contribution in [0.15, 0.2) is 69.8 Å². The van der Waals surface area contributed by atoms with Gasteiger partial charge in [0.25, 0.3) is 8.32 Å². The van der Waals surface area contributed by atoms with Crippen molar-refractivity contribution < 1.29 is 9.16 Å². The van der Waals surface area contributed by atoms with Crippen LogP contribution in [-0.2, 0) is 6.54 Å². The molecule has 3 aromatic rings. The Morgan fingerprint density at radius 3 is 2.16 bits per heavy atom. The molecule has 0 radical (unpaired) electrons. The lowest BCUT2D eigenvalue weighted by Gasteiger charge is -2.44. The molecule has 0 fully saturated rings. The maximum atomic E-state index is 13.8. The van der Waals surface area contributed by atoms with E-state index in [0.29, 0.717) is 34.6 Å². The first-order valence-corrected chi connectivity index (χ1v) is 15.8. The SMILES string of the molecule is CC(C)[Si](Oc1ccc2c(c1)OC(C)(C)C1=CCn3c(=O)n(-c4ccccc4)c(=O)n3C12)(C(C)C)C(C)C. The molecule has 0 saturated heterocycles. The van der Waals surface area contributed by atoms with Crippen LogP contribution in [0.5, 0.6) is 11.5 Å². The summed E-state index contributed by atoms with van der Waals surface area (Å²) in [5.74, 6) is 1.49. The van der Waals surface area contributed by atoms with E-state index in [9.17, 15) is 9.59 Å². The monoisotopic (exact) mass is 533 g/mol. The standard InChI is InChI=1S/C30H39N3O4Si/c1-19(2)38(20(3)4,21(5)6)37-23-14-15-24-26(18-23)36-30(7,8)25-16-17-31-28(34)32(22-12-10-9-11-13-22)29(35)33(31)27(24)25/h9-16,18-21,27H,17H2,1-8H3. The van der Waals surface area contributed by atoms with Crippen molar-refractivity contribution >= 4 is 8.32 Å². The fourth-order valence-corrected chi connectivity index (χ4v) is 12.0. The van der Waals surface area contributed by atoms with Crippen molar-refractivity contribution in [3.8, 4) is 17.2 Å². The van der Waals surface area contributed by atoms with E-state index in [1.165, 1.54) is 9.25 Å². The third kappa shape index (κ3) is 3.83. The molecule has 2 aliphatic heterocycles. The van der Waals surface area contributed by atoms with Gasteiger partial charge in [-0.1, -0.05) is 65.8 Å². The Hall–Kier alpha value is -3.26. The molecule has 202 valence electrons. The molecule has 2 aliphatic rings. The fourth-order valence-electron chi connectivity index (χ4n) is 6.80. The lowest BCUT2D eigenvalue weighted by Crippen LogP contribution is -2.50. The molecule has 1 atom stereocenters. The highest BCUT2D eigenvalue weighted by Crippen LogP contribution is 2.49. The number of benzene rings is 2. The summed E-state index contributed by atoms with van der Waals surface area (Å²) in [6.07, 6.45) is 2.03. The second kappa shape index (κ2) is 9.19. The zero-order chi connectivity index (χ0) is 27.6. The Morgan fingerprint density at radius 1 is 0.921 bits per heavy atom. The van der Waals surface area contributed by atoms with Crippen molar-refractivity contribution in [1.29, 1.82) is 0 Å². The van der Waals surface area contributed by atoms with Gasteiger partial charge in [-0.15, -0.1) is 0 Å². The summed E-state index contributed by atoms with van der Waals surface area (Å²) in [5.41, 5.74) is 2.35. The molecule has 0 saturated carbocycles. The summed E-state index contributed by atoms with van der Waals surface area (Å²) in [6.45, 7) is 18.0. The third-order valence-corrected chi connectivity index (χ3v) is 14.4. The molecule has 0 spiro atoms. The second-order valence-electron chi connectivity index (χ2n) is 12.0. The van der Waals surface area contributed by atoms with Crippen molar-refractivity contribution in [2.75, 3.05) is 0 Å². The van der Waals surface area contributed by atoms with Crippen LogP contribution >= 0.6 is 0 Å². The molecule has 8 heteroatoms. The Kier molecular flexibility index (Phi) is 6.37. The van der Waals surface area contributed by atoms with Gasteiger partial charge < -0.3 is 9.16 Å². The van der Waals surface area contributed by atoms with Crippen LogP contribution in [0.2, 0.25) is 16.6 Å². The van der Waals surface area contributed by atoms with E-state index in [0.717, 1.165) is 16.9 Å². The van der Waals surface area contributed by atoms with E-state index in [2.05, 4.69) is 41.5 Å². The summed E-state index contributed by atoms with van der Waals surface area (Å²) in [5, 5.41) is 0. The maximum Gasteiger partial charge on any atom is 0.352 e. The highest BCUT2D eigenvalue weighted by atomic mass is 28.4. The Labute approximate surface area is 225 Å². The van der Waals surface area contributed by atoms with E-state index in [1.54, 1.807) is 16.8 Å². The first-order chi connectivity index (χ1) is 17.9. The van der Waals surface area contributed by atoms with E-state index >= 15 is 0 Å². The summed E-state index contributed by atoms with van der Waals surface area (Å²) in [7, 11) is -2.16. The summed E-state index contributed by atoms with van der Waals surface area (Å²) >= 11 is 0. The molecular weight excluding hydrogens is 494 g/mol. The van der Waals surface area contributed by atoms with Gasteiger partial charge in [0.05, 0.1) is 12.2 Å². The van der Waals surface area contributed by atoms with Crippen molar-refractivity contribution in [3.63, 3.8) is 0 Å². The predicted molar refractivity (Wildman–Crippen MR) is 153 cm³/mol. The van der Waals surface area contributed by atoms with Crippen LogP contribution in [0.25, 0.3) is 5.69 Å². The van der Waals surface area contributed by atoms with Crippen molar-refractivity contribution in [1.82, 2.24) is 13.9 Å². The van der Waals surface area contributed by atoms with E-state index in [-0.39, 0.29) is 11.4 Å².